The molecule has 3 aromatic heterocycles. The molecule has 380 valence electrons. The lowest BCUT2D eigenvalue weighted by atomic mass is 9.84. The van der Waals surface area contributed by atoms with E-state index in [-0.39, 0.29) is 23.9 Å². The van der Waals surface area contributed by atoms with Crippen molar-refractivity contribution >= 4 is 40.4 Å². The first-order chi connectivity index (χ1) is 35.2. The van der Waals surface area contributed by atoms with Gasteiger partial charge in [0.2, 0.25) is 5.91 Å². The molecule has 2 saturated heterocycles. The normalized spacial score (nSPS) is 18.2. The van der Waals surface area contributed by atoms with E-state index in [1.165, 1.54) is 0 Å². The Balaban J connectivity index is 0.641. The average Bonchev–Trinajstić information content (AvgIpc) is 4.02. The lowest BCUT2D eigenvalue weighted by Crippen LogP contribution is -2.48. The molecule has 0 spiro atoms. The van der Waals surface area contributed by atoms with Crippen molar-refractivity contribution in [3.63, 3.8) is 0 Å². The molecular formula is C54H66N10O8. The molecule has 2 amide bonds. The number of rotatable bonds is 23. The van der Waals surface area contributed by atoms with E-state index in [4.69, 9.17) is 43.8 Å². The first kappa shape index (κ1) is 50.1. The van der Waals surface area contributed by atoms with E-state index in [1.807, 2.05) is 98.8 Å². The maximum atomic E-state index is 13.8. The first-order valence-corrected chi connectivity index (χ1v) is 25.2. The zero-order valence-corrected chi connectivity index (χ0v) is 41.2. The molecule has 6 aromatic rings. The summed E-state index contributed by atoms with van der Waals surface area (Å²) in [5.74, 6) is 2.81. The van der Waals surface area contributed by atoms with Gasteiger partial charge in [0, 0.05) is 62.1 Å². The van der Waals surface area contributed by atoms with Crippen LogP contribution in [0.3, 0.4) is 0 Å². The standard InChI is InChI=1S/C54H66N10O8/c1-36(59-52(65)40-9-7-38(8-10-40)39-11-13-42(55)14-12-39)46-33-51(61-37(2)60-46)64-48-6-4-3-5-41(48)31-49(64)53(66)57-21-24-67-25-26-68-27-28-69-29-30-70-45-16-15-43(58-34-45)35-71-44-17-18-50-47(32-44)62-54(72-50)63-22-19-56-20-23-63/h7-18,32-34,36,41,48-49,56H,3-6,19-31,35,55H2,1-2H3,(H,57,66)(H,59,65)/t36-,41-,48-,49-/m0/s1. The number of nitrogens with two attached hydrogens (primary N) is 1. The lowest BCUT2D eigenvalue weighted by molar-refractivity contribution is -0.122. The zero-order valence-electron chi connectivity index (χ0n) is 41.2. The summed E-state index contributed by atoms with van der Waals surface area (Å²) in [6.45, 7) is 10.8. The van der Waals surface area contributed by atoms with Crippen LogP contribution < -0.4 is 41.0 Å². The van der Waals surface area contributed by atoms with Crippen LogP contribution >= 0.6 is 0 Å². The molecule has 5 N–H and O–H groups in total. The number of piperazine rings is 1. The van der Waals surface area contributed by atoms with Gasteiger partial charge in [0.1, 0.15) is 47.9 Å². The second kappa shape index (κ2) is 24.5. The molecule has 18 nitrogen and oxygen atoms in total. The van der Waals surface area contributed by atoms with Gasteiger partial charge < -0.3 is 59.6 Å². The monoisotopic (exact) mass is 983 g/mol. The number of carbonyl (C=O) groups is 2. The molecule has 72 heavy (non-hydrogen) atoms. The van der Waals surface area contributed by atoms with Crippen molar-refractivity contribution in [2.24, 2.45) is 5.92 Å². The Morgan fingerprint density at radius 3 is 2.26 bits per heavy atom. The van der Waals surface area contributed by atoms with Gasteiger partial charge in [-0.25, -0.2) is 9.97 Å². The molecule has 18 heteroatoms. The average molecular weight is 983 g/mol. The van der Waals surface area contributed by atoms with Crippen LogP contribution in [0.1, 0.15) is 72.6 Å². The van der Waals surface area contributed by atoms with Crippen LogP contribution in [0.25, 0.3) is 22.2 Å². The molecule has 9 rings (SSSR count). The van der Waals surface area contributed by atoms with Crippen LogP contribution in [-0.2, 0) is 25.6 Å². The number of ether oxygens (including phenoxy) is 5. The molecule has 0 bridgehead atoms. The lowest BCUT2D eigenvalue weighted by Gasteiger charge is -2.35. The number of hydrogen-bond acceptors (Lipinski definition) is 16. The highest BCUT2D eigenvalue weighted by molar-refractivity contribution is 5.95. The van der Waals surface area contributed by atoms with Crippen LogP contribution in [0.15, 0.2) is 95.5 Å². The minimum atomic E-state index is -0.395. The highest BCUT2D eigenvalue weighted by Crippen LogP contribution is 2.42. The van der Waals surface area contributed by atoms with Crippen molar-refractivity contribution in [3.05, 3.63) is 114 Å². The zero-order chi connectivity index (χ0) is 49.7. The quantitative estimate of drug-likeness (QED) is 0.0402. The number of benzene rings is 3. The Bertz CT molecular complexity index is 2700. The summed E-state index contributed by atoms with van der Waals surface area (Å²) in [7, 11) is 0. The van der Waals surface area contributed by atoms with Crippen LogP contribution in [0.4, 0.5) is 17.5 Å². The van der Waals surface area contributed by atoms with Crippen LogP contribution in [0.2, 0.25) is 0 Å². The fraction of sp³-hybridized carbons (Fsp3) is 0.444. The van der Waals surface area contributed by atoms with Gasteiger partial charge in [-0.3, -0.25) is 14.6 Å². The number of aromatic nitrogens is 4. The minimum Gasteiger partial charge on any atom is -0.490 e. The minimum absolute atomic E-state index is 0.0383. The van der Waals surface area contributed by atoms with Crippen molar-refractivity contribution in [3.8, 4) is 22.6 Å². The number of nitrogens with zero attached hydrogens (tertiary/aromatic N) is 6. The van der Waals surface area contributed by atoms with E-state index in [0.717, 1.165) is 92.0 Å². The fourth-order valence-corrected chi connectivity index (χ4v) is 9.64. The van der Waals surface area contributed by atoms with Gasteiger partial charge in [-0.1, -0.05) is 37.1 Å². The van der Waals surface area contributed by atoms with Crippen molar-refractivity contribution in [1.82, 2.24) is 35.9 Å². The third-order valence-corrected chi connectivity index (χ3v) is 13.4. The Labute approximate surface area is 420 Å². The number of amides is 2. The van der Waals surface area contributed by atoms with E-state index >= 15 is 0 Å². The van der Waals surface area contributed by atoms with Crippen LogP contribution in [-0.4, -0.2) is 123 Å². The summed E-state index contributed by atoms with van der Waals surface area (Å²) < 4.78 is 34.9. The Morgan fingerprint density at radius 1 is 0.806 bits per heavy atom. The number of oxazole rings is 1. The summed E-state index contributed by atoms with van der Waals surface area (Å²) in [5.41, 5.74) is 12.1. The topological polar surface area (TPSA) is 214 Å². The molecule has 1 saturated carbocycles. The van der Waals surface area contributed by atoms with Gasteiger partial charge in [0.25, 0.3) is 11.9 Å². The number of pyridine rings is 1. The largest absolute Gasteiger partial charge is 0.490 e. The smallest absolute Gasteiger partial charge is 0.298 e. The summed E-state index contributed by atoms with van der Waals surface area (Å²) in [6.07, 6.45) is 6.80. The van der Waals surface area contributed by atoms with Gasteiger partial charge in [-0.2, -0.15) is 4.98 Å². The predicted octanol–water partition coefficient (Wildman–Crippen LogP) is 6.43. The van der Waals surface area contributed by atoms with Crippen LogP contribution in [0.5, 0.6) is 11.5 Å². The van der Waals surface area contributed by atoms with Gasteiger partial charge >= 0.3 is 0 Å². The predicted molar refractivity (Wildman–Crippen MR) is 274 cm³/mol. The van der Waals surface area contributed by atoms with Crippen molar-refractivity contribution in [2.45, 2.75) is 70.7 Å². The SMILES string of the molecule is Cc1nc([C@H](C)NC(=O)c2ccc(-c3ccc(N)cc3)cc2)cc(N2[C@H](C(=O)NCCOCCOCCOCCOc3ccc(COc4ccc5oc(N6CCNCC6)nc5c4)nc3)C[C@@H]3CCCC[C@@H]32)n1. The van der Waals surface area contributed by atoms with E-state index < -0.39 is 6.04 Å². The highest BCUT2D eigenvalue weighted by Gasteiger charge is 2.46. The summed E-state index contributed by atoms with van der Waals surface area (Å²) >= 11 is 0. The fourth-order valence-electron chi connectivity index (χ4n) is 9.64. The number of hydrogen-bond donors (Lipinski definition) is 4. The second-order valence-corrected chi connectivity index (χ2v) is 18.5. The number of carbonyl (C=O) groups excluding carboxylic acids is 2. The maximum absolute atomic E-state index is 13.8. The summed E-state index contributed by atoms with van der Waals surface area (Å²) in [4.78, 5) is 50.3. The Morgan fingerprint density at radius 2 is 1.51 bits per heavy atom. The van der Waals surface area contributed by atoms with Gasteiger partial charge in [0.05, 0.1) is 63.3 Å². The van der Waals surface area contributed by atoms with Crippen molar-refractivity contribution in [1.29, 1.82) is 0 Å². The third-order valence-electron chi connectivity index (χ3n) is 13.4. The van der Waals surface area contributed by atoms with E-state index in [1.54, 1.807) is 6.20 Å². The number of nitrogen functional groups attached to an aromatic ring is 1. The van der Waals surface area contributed by atoms with Gasteiger partial charge in [-0.15, -0.1) is 0 Å². The van der Waals surface area contributed by atoms with E-state index in [9.17, 15) is 9.59 Å². The molecule has 3 aromatic carbocycles. The Hall–Kier alpha value is -6.86. The molecule has 5 heterocycles. The molecule has 3 aliphatic rings. The van der Waals surface area contributed by atoms with E-state index in [2.05, 4.69) is 35.7 Å². The number of fused-ring (bicyclic) bond motifs is 2. The second-order valence-electron chi connectivity index (χ2n) is 18.5. The molecule has 3 fully saturated rings. The number of anilines is 3. The molecular weight excluding hydrogens is 917 g/mol. The highest BCUT2D eigenvalue weighted by atomic mass is 16.6. The van der Waals surface area contributed by atoms with Crippen LogP contribution in [0, 0.1) is 12.8 Å². The maximum Gasteiger partial charge on any atom is 0.298 e. The molecule has 0 unspecified atom stereocenters. The van der Waals surface area contributed by atoms with Gasteiger partial charge in [-0.05, 0) is 98.7 Å². The Kier molecular flexibility index (Phi) is 17.1. The molecule has 0 radical (unpaired) electrons. The van der Waals surface area contributed by atoms with Gasteiger partial charge in [0.15, 0.2) is 5.58 Å². The molecule has 4 atom stereocenters. The summed E-state index contributed by atoms with van der Waals surface area (Å²) in [5, 5.41) is 9.57. The first-order valence-electron chi connectivity index (χ1n) is 25.2. The number of aryl methyl sites for hydroxylation is 1. The summed E-state index contributed by atoms with van der Waals surface area (Å²) in [6, 6.07) is 26.6. The van der Waals surface area contributed by atoms with Crippen molar-refractivity contribution < 1.29 is 37.7 Å². The molecule has 1 aliphatic carbocycles. The number of nitrogens with one attached hydrogen (secondary N) is 3. The third kappa shape index (κ3) is 13.2. The van der Waals surface area contributed by atoms with Crippen molar-refractivity contribution in [2.75, 3.05) is 94.5 Å². The van der Waals surface area contributed by atoms with E-state index in [0.29, 0.717) is 106 Å². The molecule has 2 aliphatic heterocycles.